The molecule has 0 atom stereocenters. The fourth-order valence-corrected chi connectivity index (χ4v) is 5.09. The Morgan fingerprint density at radius 1 is 1.06 bits per heavy atom. The van der Waals surface area contributed by atoms with E-state index in [4.69, 9.17) is 9.84 Å². The highest BCUT2D eigenvalue weighted by Gasteiger charge is 2.29. The number of likely N-dealkylation sites (tertiary alicyclic amines) is 1. The molecule has 5 rings (SSSR count). The van der Waals surface area contributed by atoms with Crippen LogP contribution in [-0.2, 0) is 6.54 Å². The number of carboxylic acid groups (broad SMARTS) is 1. The molecule has 0 radical (unpaired) electrons. The van der Waals surface area contributed by atoms with Crippen molar-refractivity contribution in [3.63, 3.8) is 0 Å². The molecule has 0 unspecified atom stereocenters. The first-order chi connectivity index (χ1) is 16.9. The number of hydrogen-bond acceptors (Lipinski definition) is 4. The van der Waals surface area contributed by atoms with Gasteiger partial charge in [-0.25, -0.2) is 9.18 Å². The summed E-state index contributed by atoms with van der Waals surface area (Å²) in [6, 6.07) is 13.7. The third kappa shape index (κ3) is 5.00. The number of hydrogen-bond donors (Lipinski definition) is 1. The molecule has 6 nitrogen and oxygen atoms in total. The Bertz CT molecular complexity index is 1290. The highest BCUT2D eigenvalue weighted by Crippen LogP contribution is 2.46. The van der Waals surface area contributed by atoms with Gasteiger partial charge in [-0.05, 0) is 78.6 Å². The van der Waals surface area contributed by atoms with Crippen LogP contribution in [-0.4, -0.2) is 40.7 Å². The Labute approximate surface area is 203 Å². The van der Waals surface area contributed by atoms with Crippen LogP contribution in [0.4, 0.5) is 4.39 Å². The monoisotopic (exact) mass is 476 g/mol. The molecule has 1 N–H and O–H groups in total. The van der Waals surface area contributed by atoms with Gasteiger partial charge in [0.05, 0.1) is 12.7 Å². The average molecular weight is 477 g/mol. The van der Waals surface area contributed by atoms with E-state index in [2.05, 4.69) is 17.0 Å². The minimum atomic E-state index is -1.09. The lowest BCUT2D eigenvalue weighted by Crippen LogP contribution is -2.37. The molecule has 2 aliphatic rings. The van der Waals surface area contributed by atoms with Gasteiger partial charge in [0.2, 0.25) is 0 Å². The Morgan fingerprint density at radius 2 is 1.77 bits per heavy atom. The molecule has 0 bridgehead atoms. The maximum atomic E-state index is 13.5. The second-order valence-corrected chi connectivity index (χ2v) is 9.51. The summed E-state index contributed by atoms with van der Waals surface area (Å²) in [5, 5.41) is 9.10. The van der Waals surface area contributed by atoms with Crippen molar-refractivity contribution in [2.75, 3.05) is 20.2 Å². The molecule has 1 saturated carbocycles. The molecule has 1 aromatic heterocycles. The number of carbonyl (C=O) groups is 1. The largest absolute Gasteiger partial charge is 0.496 e. The van der Waals surface area contributed by atoms with Gasteiger partial charge in [-0.2, -0.15) is 0 Å². The number of halogens is 1. The Balaban J connectivity index is 1.33. The van der Waals surface area contributed by atoms with Crippen molar-refractivity contribution in [1.29, 1.82) is 0 Å². The highest BCUT2D eigenvalue weighted by atomic mass is 19.1. The number of carboxylic acids is 1. The number of pyridine rings is 1. The van der Waals surface area contributed by atoms with Crippen LogP contribution in [0.3, 0.4) is 0 Å². The van der Waals surface area contributed by atoms with Crippen LogP contribution in [0.5, 0.6) is 5.75 Å². The van der Waals surface area contributed by atoms with E-state index in [1.54, 1.807) is 17.9 Å². The first-order valence-electron chi connectivity index (χ1n) is 12.1. The summed E-state index contributed by atoms with van der Waals surface area (Å²) in [7, 11) is 1.68. The van der Waals surface area contributed by atoms with E-state index >= 15 is 0 Å². The molecule has 0 amide bonds. The summed E-state index contributed by atoms with van der Waals surface area (Å²) < 4.78 is 20.9. The van der Waals surface area contributed by atoms with Gasteiger partial charge in [-0.1, -0.05) is 12.1 Å². The molecule has 2 fully saturated rings. The van der Waals surface area contributed by atoms with Crippen molar-refractivity contribution in [2.45, 2.75) is 44.2 Å². The van der Waals surface area contributed by atoms with Crippen LogP contribution in [0.25, 0.3) is 11.1 Å². The fraction of sp³-hybridized carbons (Fsp3) is 0.357. The number of piperidine rings is 1. The lowest BCUT2D eigenvalue weighted by molar-refractivity contribution is 0.0696. The van der Waals surface area contributed by atoms with Crippen molar-refractivity contribution in [3.8, 4) is 16.9 Å². The van der Waals surface area contributed by atoms with E-state index in [9.17, 15) is 14.0 Å². The Hall–Kier alpha value is -3.45. The molecule has 2 heterocycles. The number of benzene rings is 2. The molecular formula is C28H29FN2O4. The Kier molecular flexibility index (Phi) is 6.43. The minimum Gasteiger partial charge on any atom is -0.496 e. The average Bonchev–Trinajstić information content (AvgIpc) is 3.70. The van der Waals surface area contributed by atoms with Crippen LogP contribution in [0.1, 0.15) is 59.1 Å². The zero-order chi connectivity index (χ0) is 24.5. The van der Waals surface area contributed by atoms with E-state index < -0.39 is 5.97 Å². The fourth-order valence-electron chi connectivity index (χ4n) is 5.09. The van der Waals surface area contributed by atoms with Crippen LogP contribution in [0, 0.1) is 5.82 Å². The van der Waals surface area contributed by atoms with E-state index in [1.807, 2.05) is 12.1 Å². The quantitative estimate of drug-likeness (QED) is 0.515. The van der Waals surface area contributed by atoms with Gasteiger partial charge in [0.1, 0.15) is 11.6 Å². The normalized spacial score (nSPS) is 16.9. The molecule has 1 aliphatic carbocycles. The van der Waals surface area contributed by atoms with Crippen LogP contribution in [0.15, 0.2) is 59.5 Å². The summed E-state index contributed by atoms with van der Waals surface area (Å²) in [5.41, 5.74) is 4.30. The van der Waals surface area contributed by atoms with Crippen molar-refractivity contribution in [2.24, 2.45) is 0 Å². The first kappa shape index (κ1) is 23.3. The molecular weight excluding hydrogens is 447 g/mol. The maximum Gasteiger partial charge on any atom is 0.335 e. The van der Waals surface area contributed by atoms with Gasteiger partial charge in [-0.3, -0.25) is 9.69 Å². The first-order valence-corrected chi connectivity index (χ1v) is 12.1. The molecule has 2 aromatic carbocycles. The van der Waals surface area contributed by atoms with Crippen molar-refractivity contribution >= 4 is 5.97 Å². The second kappa shape index (κ2) is 9.66. The summed E-state index contributed by atoms with van der Waals surface area (Å²) in [6.07, 6.45) is 5.57. The molecule has 35 heavy (non-hydrogen) atoms. The molecule has 0 spiro atoms. The molecule has 3 aromatic rings. The zero-order valence-corrected chi connectivity index (χ0v) is 19.7. The van der Waals surface area contributed by atoms with Crippen molar-refractivity contribution < 1.29 is 19.0 Å². The third-order valence-electron chi connectivity index (χ3n) is 7.16. The van der Waals surface area contributed by atoms with E-state index in [0.29, 0.717) is 5.92 Å². The molecule has 1 saturated heterocycles. The smallest absolute Gasteiger partial charge is 0.335 e. The second-order valence-electron chi connectivity index (χ2n) is 9.51. The van der Waals surface area contributed by atoms with Gasteiger partial charge in [-0.15, -0.1) is 0 Å². The lowest BCUT2D eigenvalue weighted by atomic mass is 9.93. The number of rotatable bonds is 7. The number of methoxy groups -OCH3 is 1. The lowest BCUT2D eigenvalue weighted by Gasteiger charge is -2.33. The SMILES string of the molecule is COc1cc(-c2ccc(F)cc2)c(C2CC2)cc1CN1CCC(n2ccc(C(=O)O)cc2=O)CC1. The van der Waals surface area contributed by atoms with Crippen molar-refractivity contribution in [3.05, 3.63) is 87.6 Å². The highest BCUT2D eigenvalue weighted by molar-refractivity contribution is 5.87. The number of nitrogens with zero attached hydrogens (tertiary/aromatic N) is 2. The molecule has 1 aliphatic heterocycles. The Morgan fingerprint density at radius 3 is 2.37 bits per heavy atom. The van der Waals surface area contributed by atoms with Gasteiger partial charge in [0.25, 0.3) is 5.56 Å². The number of ether oxygens (including phenoxy) is 1. The standard InChI is InChI=1S/C28H29FN2O4/c1-35-26-16-25(19-4-6-22(29)7-5-19)24(18-2-3-18)14-21(26)17-30-11-9-23(10-12-30)31-13-8-20(28(33)34)15-27(31)32/h4-8,13-16,18,23H,2-3,9-12,17H2,1H3,(H,33,34). The maximum absolute atomic E-state index is 13.5. The predicted octanol–water partition coefficient (Wildman–Crippen LogP) is 5.08. The predicted molar refractivity (Wildman–Crippen MR) is 132 cm³/mol. The zero-order valence-electron chi connectivity index (χ0n) is 19.7. The number of aromatic carboxylic acids is 1. The van der Waals surface area contributed by atoms with Gasteiger partial charge in [0, 0.05) is 43.5 Å². The summed E-state index contributed by atoms with van der Waals surface area (Å²) >= 11 is 0. The van der Waals surface area contributed by atoms with Crippen molar-refractivity contribution in [1.82, 2.24) is 9.47 Å². The van der Waals surface area contributed by atoms with E-state index in [1.165, 1.54) is 42.7 Å². The van der Waals surface area contributed by atoms with Gasteiger partial charge < -0.3 is 14.4 Å². The summed E-state index contributed by atoms with van der Waals surface area (Å²) in [5.74, 6) is 0.0326. The third-order valence-corrected chi connectivity index (χ3v) is 7.16. The summed E-state index contributed by atoms with van der Waals surface area (Å²) in [6.45, 7) is 2.42. The van der Waals surface area contributed by atoms with Crippen LogP contribution >= 0.6 is 0 Å². The van der Waals surface area contributed by atoms with E-state index in [-0.39, 0.29) is 23.0 Å². The summed E-state index contributed by atoms with van der Waals surface area (Å²) in [4.78, 5) is 25.9. The molecule has 7 heteroatoms. The van der Waals surface area contributed by atoms with Gasteiger partial charge in [0.15, 0.2) is 0 Å². The van der Waals surface area contributed by atoms with Crippen LogP contribution in [0.2, 0.25) is 0 Å². The van der Waals surface area contributed by atoms with Crippen LogP contribution < -0.4 is 10.3 Å². The van der Waals surface area contributed by atoms with E-state index in [0.717, 1.165) is 54.9 Å². The van der Waals surface area contributed by atoms with Gasteiger partial charge >= 0.3 is 5.97 Å². The number of aromatic nitrogens is 1. The topological polar surface area (TPSA) is 71.8 Å². The molecule has 182 valence electrons. The minimum absolute atomic E-state index is 0.0198.